The zero-order valence-corrected chi connectivity index (χ0v) is 10.1. The Bertz CT molecular complexity index is 321. The molecule has 3 unspecified atom stereocenters. The standard InChI is InChI=1S/C11H18ClN3/c1-7-4-3-5-9(6-7)11-13-10(8(2)12)14-15-11/h7-9H,3-6H2,1-2H3,(H,13,14,15). The van der Waals surface area contributed by atoms with E-state index in [4.69, 9.17) is 11.6 Å². The van der Waals surface area contributed by atoms with E-state index in [1.807, 2.05) is 6.92 Å². The van der Waals surface area contributed by atoms with E-state index < -0.39 is 0 Å². The summed E-state index contributed by atoms with van der Waals surface area (Å²) >= 11 is 5.94. The highest BCUT2D eigenvalue weighted by Gasteiger charge is 2.23. The molecule has 0 saturated heterocycles. The molecule has 2 rings (SSSR count). The lowest BCUT2D eigenvalue weighted by molar-refractivity contribution is 0.335. The maximum absolute atomic E-state index is 5.94. The van der Waals surface area contributed by atoms with E-state index in [1.165, 1.54) is 25.7 Å². The van der Waals surface area contributed by atoms with Crippen molar-refractivity contribution in [2.24, 2.45) is 5.92 Å². The quantitative estimate of drug-likeness (QED) is 0.787. The second-order valence-electron chi connectivity index (χ2n) is 4.66. The highest BCUT2D eigenvalue weighted by Crippen LogP contribution is 2.34. The zero-order valence-electron chi connectivity index (χ0n) is 9.33. The number of aromatic nitrogens is 3. The average molecular weight is 228 g/mol. The van der Waals surface area contributed by atoms with E-state index in [9.17, 15) is 0 Å². The number of H-pyrrole nitrogens is 1. The summed E-state index contributed by atoms with van der Waals surface area (Å²) in [6.07, 6.45) is 5.11. The topological polar surface area (TPSA) is 41.6 Å². The van der Waals surface area contributed by atoms with Gasteiger partial charge in [-0.2, -0.15) is 5.10 Å². The number of halogens is 1. The minimum Gasteiger partial charge on any atom is -0.263 e. The van der Waals surface area contributed by atoms with Crippen LogP contribution in [-0.2, 0) is 0 Å². The highest BCUT2D eigenvalue weighted by atomic mass is 35.5. The fourth-order valence-corrected chi connectivity index (χ4v) is 2.43. The van der Waals surface area contributed by atoms with Gasteiger partial charge in [0.05, 0.1) is 5.38 Å². The molecule has 0 aromatic carbocycles. The van der Waals surface area contributed by atoms with Crippen molar-refractivity contribution in [2.75, 3.05) is 0 Å². The number of hydrogen-bond acceptors (Lipinski definition) is 2. The fraction of sp³-hybridized carbons (Fsp3) is 0.818. The smallest absolute Gasteiger partial charge is 0.168 e. The van der Waals surface area contributed by atoms with Crippen LogP contribution in [0.3, 0.4) is 0 Å². The van der Waals surface area contributed by atoms with Crippen LogP contribution in [0.4, 0.5) is 0 Å². The molecule has 1 aromatic rings. The lowest BCUT2D eigenvalue weighted by Gasteiger charge is -2.24. The lowest BCUT2D eigenvalue weighted by Crippen LogP contribution is -2.12. The molecule has 1 heterocycles. The molecule has 3 atom stereocenters. The van der Waals surface area contributed by atoms with Crippen molar-refractivity contribution in [1.82, 2.24) is 15.2 Å². The number of hydrogen-bond donors (Lipinski definition) is 1. The Morgan fingerprint density at radius 1 is 1.47 bits per heavy atom. The minimum atomic E-state index is -0.101. The van der Waals surface area contributed by atoms with Gasteiger partial charge in [0.2, 0.25) is 0 Å². The van der Waals surface area contributed by atoms with Crippen molar-refractivity contribution >= 4 is 11.6 Å². The molecule has 15 heavy (non-hydrogen) atoms. The highest BCUT2D eigenvalue weighted by molar-refractivity contribution is 6.20. The minimum absolute atomic E-state index is 0.101. The van der Waals surface area contributed by atoms with Gasteiger partial charge in [-0.05, 0) is 25.7 Å². The van der Waals surface area contributed by atoms with Crippen LogP contribution in [0.1, 0.15) is 62.5 Å². The summed E-state index contributed by atoms with van der Waals surface area (Å²) < 4.78 is 0. The monoisotopic (exact) mass is 227 g/mol. The maximum atomic E-state index is 5.94. The van der Waals surface area contributed by atoms with Crippen molar-refractivity contribution in [2.45, 2.75) is 50.8 Å². The summed E-state index contributed by atoms with van der Waals surface area (Å²) in [5, 5.41) is 7.08. The van der Waals surface area contributed by atoms with E-state index >= 15 is 0 Å². The van der Waals surface area contributed by atoms with Crippen LogP contribution in [-0.4, -0.2) is 15.2 Å². The first-order valence-electron chi connectivity index (χ1n) is 5.73. The molecule has 3 nitrogen and oxygen atoms in total. The second-order valence-corrected chi connectivity index (χ2v) is 5.32. The predicted molar refractivity (Wildman–Crippen MR) is 61.0 cm³/mol. The molecule has 4 heteroatoms. The fourth-order valence-electron chi connectivity index (χ4n) is 2.33. The van der Waals surface area contributed by atoms with E-state index in [0.717, 1.165) is 17.6 Å². The molecular weight excluding hydrogens is 210 g/mol. The molecule has 84 valence electrons. The summed E-state index contributed by atoms with van der Waals surface area (Å²) in [4.78, 5) is 4.47. The maximum Gasteiger partial charge on any atom is 0.168 e. The third kappa shape index (κ3) is 2.51. The Morgan fingerprint density at radius 2 is 2.27 bits per heavy atom. The van der Waals surface area contributed by atoms with Crippen LogP contribution in [0.15, 0.2) is 0 Å². The first-order valence-corrected chi connectivity index (χ1v) is 6.16. The summed E-state index contributed by atoms with van der Waals surface area (Å²) in [5.41, 5.74) is 0. The van der Waals surface area contributed by atoms with Gasteiger partial charge in [-0.1, -0.05) is 19.8 Å². The summed E-state index contributed by atoms with van der Waals surface area (Å²) in [6.45, 7) is 4.21. The van der Waals surface area contributed by atoms with Gasteiger partial charge in [0, 0.05) is 5.92 Å². The summed E-state index contributed by atoms with van der Waals surface area (Å²) in [7, 11) is 0. The van der Waals surface area contributed by atoms with E-state index in [1.54, 1.807) is 0 Å². The molecule has 0 bridgehead atoms. The molecule has 1 N–H and O–H groups in total. The van der Waals surface area contributed by atoms with Crippen LogP contribution in [0.5, 0.6) is 0 Å². The van der Waals surface area contributed by atoms with E-state index in [-0.39, 0.29) is 5.38 Å². The van der Waals surface area contributed by atoms with Gasteiger partial charge < -0.3 is 0 Å². The molecule has 1 saturated carbocycles. The Labute approximate surface area is 95.6 Å². The molecule has 0 aliphatic heterocycles. The number of aromatic amines is 1. The molecule has 0 radical (unpaired) electrons. The van der Waals surface area contributed by atoms with Gasteiger partial charge in [-0.25, -0.2) is 4.98 Å². The van der Waals surface area contributed by atoms with Crippen LogP contribution in [0.25, 0.3) is 0 Å². The van der Waals surface area contributed by atoms with Crippen molar-refractivity contribution in [1.29, 1.82) is 0 Å². The summed E-state index contributed by atoms with van der Waals surface area (Å²) in [5.74, 6) is 3.13. The lowest BCUT2D eigenvalue weighted by atomic mass is 9.82. The third-order valence-corrected chi connectivity index (χ3v) is 3.39. The van der Waals surface area contributed by atoms with Crippen LogP contribution in [0.2, 0.25) is 0 Å². The van der Waals surface area contributed by atoms with Crippen LogP contribution < -0.4 is 0 Å². The Balaban J connectivity index is 2.08. The molecule has 0 amide bonds. The van der Waals surface area contributed by atoms with Crippen molar-refractivity contribution in [3.8, 4) is 0 Å². The van der Waals surface area contributed by atoms with Gasteiger partial charge >= 0.3 is 0 Å². The third-order valence-electron chi connectivity index (χ3n) is 3.20. The number of rotatable bonds is 2. The first-order chi connectivity index (χ1) is 7.16. The molecule has 1 aliphatic rings. The molecule has 1 aromatic heterocycles. The Kier molecular flexibility index (Phi) is 3.29. The Hall–Kier alpha value is -0.570. The van der Waals surface area contributed by atoms with Gasteiger partial charge in [0.15, 0.2) is 5.82 Å². The zero-order chi connectivity index (χ0) is 10.8. The molecule has 1 fully saturated rings. The average Bonchev–Trinajstić information content (AvgIpc) is 2.66. The van der Waals surface area contributed by atoms with Crippen molar-refractivity contribution < 1.29 is 0 Å². The second kappa shape index (κ2) is 4.52. The van der Waals surface area contributed by atoms with Crippen molar-refractivity contribution in [3.63, 3.8) is 0 Å². The molecule has 1 aliphatic carbocycles. The van der Waals surface area contributed by atoms with E-state index in [0.29, 0.717) is 5.92 Å². The van der Waals surface area contributed by atoms with Gasteiger partial charge in [0.25, 0.3) is 0 Å². The number of nitrogens with one attached hydrogen (secondary N) is 1. The van der Waals surface area contributed by atoms with Gasteiger partial charge in [-0.15, -0.1) is 11.6 Å². The molecule has 0 spiro atoms. The number of alkyl halides is 1. The number of nitrogens with zero attached hydrogens (tertiary/aromatic N) is 2. The molecular formula is C11H18ClN3. The van der Waals surface area contributed by atoms with Crippen molar-refractivity contribution in [3.05, 3.63) is 11.6 Å². The van der Waals surface area contributed by atoms with Gasteiger partial charge in [-0.3, -0.25) is 5.10 Å². The normalized spacial score (nSPS) is 29.0. The van der Waals surface area contributed by atoms with Crippen LogP contribution in [0, 0.1) is 5.92 Å². The summed E-state index contributed by atoms with van der Waals surface area (Å²) in [6, 6.07) is 0. The SMILES string of the molecule is CC1CCCC(c2nc(C(C)Cl)n[nH]2)C1. The first kappa shape index (κ1) is 10.9. The van der Waals surface area contributed by atoms with Crippen LogP contribution >= 0.6 is 11.6 Å². The largest absolute Gasteiger partial charge is 0.263 e. The Morgan fingerprint density at radius 3 is 2.87 bits per heavy atom. The van der Waals surface area contributed by atoms with E-state index in [2.05, 4.69) is 22.1 Å². The predicted octanol–water partition coefficient (Wildman–Crippen LogP) is 3.40. The van der Waals surface area contributed by atoms with Gasteiger partial charge in [0.1, 0.15) is 5.82 Å².